The van der Waals surface area contributed by atoms with Gasteiger partial charge in [-0.2, -0.15) is 0 Å². The molecule has 4 rings (SSSR count). The Morgan fingerprint density at radius 2 is 1.70 bits per heavy atom. The molecule has 0 spiro atoms. The van der Waals surface area contributed by atoms with Crippen molar-refractivity contribution in [2.24, 2.45) is 46.3 Å². The highest BCUT2D eigenvalue weighted by atomic mass is 16.5. The first-order chi connectivity index (χ1) is 17.1. The molecule has 212 valence electrons. The molecular weight excluding hydrogens is 468 g/mol. The van der Waals surface area contributed by atoms with Gasteiger partial charge in [-0.25, -0.2) is 0 Å². The van der Waals surface area contributed by atoms with E-state index in [1.165, 1.54) is 12.5 Å². The molecule has 0 amide bonds. The van der Waals surface area contributed by atoms with Crippen molar-refractivity contribution >= 4 is 5.97 Å². The summed E-state index contributed by atoms with van der Waals surface area (Å²) in [6.07, 6.45) is 1.26. The van der Waals surface area contributed by atoms with Crippen molar-refractivity contribution in [1.29, 1.82) is 0 Å². The first kappa shape index (κ1) is 29.0. The van der Waals surface area contributed by atoms with Crippen molar-refractivity contribution in [2.45, 2.75) is 130 Å². The van der Waals surface area contributed by atoms with Gasteiger partial charge in [0.1, 0.15) is 6.10 Å². The van der Waals surface area contributed by atoms with E-state index in [9.17, 15) is 25.2 Å². The second-order valence-corrected chi connectivity index (χ2v) is 14.3. The molecule has 0 radical (unpaired) electrons. The molecule has 4 aliphatic carbocycles. The van der Waals surface area contributed by atoms with Crippen LogP contribution in [0.2, 0.25) is 0 Å². The van der Waals surface area contributed by atoms with E-state index in [2.05, 4.69) is 41.5 Å². The molecule has 12 atom stereocenters. The average molecular weight is 521 g/mol. The molecule has 0 aliphatic heterocycles. The van der Waals surface area contributed by atoms with Gasteiger partial charge in [0.25, 0.3) is 0 Å². The summed E-state index contributed by atoms with van der Waals surface area (Å²) in [5, 5.41) is 45.2. The number of aliphatic hydroxyl groups excluding tert-OH is 3. The Labute approximate surface area is 223 Å². The maximum atomic E-state index is 12.4. The van der Waals surface area contributed by atoms with E-state index in [4.69, 9.17) is 4.74 Å². The zero-order valence-electron chi connectivity index (χ0n) is 24.3. The van der Waals surface area contributed by atoms with E-state index in [1.54, 1.807) is 0 Å². The first-order valence-electron chi connectivity index (χ1n) is 14.7. The Morgan fingerprint density at radius 1 is 1.05 bits per heavy atom. The smallest absolute Gasteiger partial charge is 0.302 e. The van der Waals surface area contributed by atoms with Gasteiger partial charge in [0.15, 0.2) is 0 Å². The highest BCUT2D eigenvalue weighted by Gasteiger charge is 2.70. The molecule has 0 bridgehead atoms. The van der Waals surface area contributed by atoms with Gasteiger partial charge in [-0.05, 0) is 86.0 Å². The monoisotopic (exact) mass is 520 g/mol. The predicted molar refractivity (Wildman–Crippen MR) is 143 cm³/mol. The van der Waals surface area contributed by atoms with Crippen molar-refractivity contribution in [1.82, 2.24) is 0 Å². The van der Waals surface area contributed by atoms with Crippen LogP contribution in [0, 0.1) is 46.3 Å². The topological polar surface area (TPSA) is 107 Å². The maximum Gasteiger partial charge on any atom is 0.302 e. The summed E-state index contributed by atoms with van der Waals surface area (Å²) in [6.45, 7) is 17.0. The van der Waals surface area contributed by atoms with E-state index >= 15 is 0 Å². The van der Waals surface area contributed by atoms with Crippen LogP contribution in [-0.2, 0) is 9.53 Å². The number of esters is 1. The Morgan fingerprint density at radius 3 is 2.30 bits per heavy atom. The van der Waals surface area contributed by atoms with E-state index in [0.717, 1.165) is 12.0 Å². The number of rotatable bonds is 5. The summed E-state index contributed by atoms with van der Waals surface area (Å²) in [7, 11) is 0. The molecule has 4 N–H and O–H groups in total. The largest absolute Gasteiger partial charge is 0.462 e. The number of hydrogen-bond donors (Lipinski definition) is 4. The van der Waals surface area contributed by atoms with Gasteiger partial charge >= 0.3 is 5.97 Å². The highest BCUT2D eigenvalue weighted by Crippen LogP contribution is 2.69. The first-order valence-corrected chi connectivity index (χ1v) is 14.7. The summed E-state index contributed by atoms with van der Waals surface area (Å²) in [5.74, 6) is 1.31. The fraction of sp³-hybridized carbons (Fsp3) is 0.903. The number of carbonyl (C=O) groups excluding carboxylic acids is 1. The third-order valence-corrected chi connectivity index (χ3v) is 11.9. The van der Waals surface area contributed by atoms with E-state index in [1.807, 2.05) is 6.92 Å². The summed E-state index contributed by atoms with van der Waals surface area (Å²) in [5.41, 5.74) is -0.103. The third-order valence-electron chi connectivity index (χ3n) is 11.9. The summed E-state index contributed by atoms with van der Waals surface area (Å²) in [6, 6.07) is 0. The zero-order chi connectivity index (χ0) is 27.7. The minimum absolute atomic E-state index is 0.00517. The highest BCUT2D eigenvalue weighted by molar-refractivity contribution is 5.66. The summed E-state index contributed by atoms with van der Waals surface area (Å²) < 4.78 is 6.07. The standard InChI is InChI=1S/C31H52O6/c1-16(2)19(5)17(3)11-18(4)27-24(34)13-23-22-12-26(35)31(36)14-21(33)9-10-30(31,8)28(22)25(37-20(6)32)15-29(23,27)7/h16-17,19,21-26,28,33-36H,9-15H2,1-8H3. The molecule has 0 heterocycles. The van der Waals surface area contributed by atoms with Gasteiger partial charge in [0.2, 0.25) is 0 Å². The molecule has 4 saturated carbocycles. The number of carbonyl (C=O) groups is 1. The quantitative estimate of drug-likeness (QED) is 0.311. The lowest BCUT2D eigenvalue weighted by Gasteiger charge is -2.66. The Balaban J connectivity index is 1.77. The predicted octanol–water partition coefficient (Wildman–Crippen LogP) is 4.62. The SMILES string of the molecule is CC(=O)OC1CC2(C)C(=C(C)CC(C)C(C)C(C)C)C(O)CC2C2CC(O)C3(O)CC(O)CCC3(C)C12. The molecule has 12 unspecified atom stereocenters. The summed E-state index contributed by atoms with van der Waals surface area (Å²) >= 11 is 0. The molecule has 4 aliphatic rings. The minimum Gasteiger partial charge on any atom is -0.462 e. The molecule has 6 nitrogen and oxygen atoms in total. The van der Waals surface area contributed by atoms with Crippen LogP contribution in [0.5, 0.6) is 0 Å². The normalized spacial score (nSPS) is 48.5. The van der Waals surface area contributed by atoms with E-state index in [-0.39, 0.29) is 35.6 Å². The van der Waals surface area contributed by atoms with Crippen LogP contribution in [0.4, 0.5) is 0 Å². The van der Waals surface area contributed by atoms with E-state index in [0.29, 0.717) is 49.9 Å². The van der Waals surface area contributed by atoms with Crippen molar-refractivity contribution in [3.05, 3.63) is 11.1 Å². The minimum atomic E-state index is -1.42. The van der Waals surface area contributed by atoms with Gasteiger partial charge in [-0.3, -0.25) is 4.79 Å². The molecule has 37 heavy (non-hydrogen) atoms. The fourth-order valence-corrected chi connectivity index (χ4v) is 9.71. The number of hydrogen-bond acceptors (Lipinski definition) is 6. The van der Waals surface area contributed by atoms with Gasteiger partial charge in [-0.1, -0.05) is 47.1 Å². The van der Waals surface area contributed by atoms with Crippen LogP contribution in [0.3, 0.4) is 0 Å². The second-order valence-electron chi connectivity index (χ2n) is 14.3. The zero-order valence-corrected chi connectivity index (χ0v) is 24.3. The molecule has 0 aromatic rings. The molecule has 0 saturated heterocycles. The lowest BCUT2D eigenvalue weighted by molar-refractivity contribution is -0.281. The average Bonchev–Trinajstić information content (AvgIpc) is 3.04. The number of allylic oxidation sites excluding steroid dienone is 1. The van der Waals surface area contributed by atoms with Crippen LogP contribution in [-0.4, -0.2) is 56.4 Å². The van der Waals surface area contributed by atoms with Crippen molar-refractivity contribution in [2.75, 3.05) is 0 Å². The van der Waals surface area contributed by atoms with Crippen LogP contribution in [0.1, 0.15) is 100 Å². The van der Waals surface area contributed by atoms with Gasteiger partial charge in [0, 0.05) is 24.7 Å². The van der Waals surface area contributed by atoms with Gasteiger partial charge < -0.3 is 25.2 Å². The van der Waals surface area contributed by atoms with Crippen molar-refractivity contribution < 1.29 is 30.0 Å². The molecule has 0 aromatic carbocycles. The van der Waals surface area contributed by atoms with Gasteiger partial charge in [0.05, 0.1) is 23.9 Å². The number of fused-ring (bicyclic) bond motifs is 5. The molecule has 6 heteroatoms. The fourth-order valence-electron chi connectivity index (χ4n) is 9.71. The maximum absolute atomic E-state index is 12.4. The van der Waals surface area contributed by atoms with Crippen LogP contribution in [0.15, 0.2) is 11.1 Å². The lowest BCUT2D eigenvalue weighted by Crippen LogP contribution is -2.71. The van der Waals surface area contributed by atoms with Crippen molar-refractivity contribution in [3.8, 4) is 0 Å². The lowest BCUT2D eigenvalue weighted by atomic mass is 9.42. The van der Waals surface area contributed by atoms with Crippen molar-refractivity contribution in [3.63, 3.8) is 0 Å². The van der Waals surface area contributed by atoms with Gasteiger partial charge in [-0.15, -0.1) is 0 Å². The Kier molecular flexibility index (Phi) is 7.78. The molecular formula is C31H52O6. The molecule has 0 aromatic heterocycles. The summed E-state index contributed by atoms with van der Waals surface area (Å²) in [4.78, 5) is 12.4. The third kappa shape index (κ3) is 4.52. The second kappa shape index (κ2) is 9.91. The number of aliphatic hydroxyl groups is 4. The van der Waals surface area contributed by atoms with E-state index < -0.39 is 35.4 Å². The number of ether oxygens (including phenoxy) is 1. The van der Waals surface area contributed by atoms with Crippen LogP contribution >= 0.6 is 0 Å². The van der Waals surface area contributed by atoms with Crippen LogP contribution in [0.25, 0.3) is 0 Å². The van der Waals surface area contributed by atoms with Crippen LogP contribution < -0.4 is 0 Å². The molecule has 4 fully saturated rings. The Bertz CT molecular complexity index is 913. The Hall–Kier alpha value is -0.950.